The van der Waals surface area contributed by atoms with Crippen LogP contribution in [0.15, 0.2) is 28.7 Å². The van der Waals surface area contributed by atoms with E-state index in [2.05, 4.69) is 14.9 Å². The maximum absolute atomic E-state index is 13.9. The van der Waals surface area contributed by atoms with Gasteiger partial charge < -0.3 is 9.15 Å². The van der Waals surface area contributed by atoms with E-state index in [1.807, 2.05) is 0 Å². The van der Waals surface area contributed by atoms with Crippen LogP contribution in [0.2, 0.25) is 0 Å². The first-order valence-corrected chi connectivity index (χ1v) is 8.00. The largest absolute Gasteiger partial charge is 0.457 e. The second-order valence-corrected chi connectivity index (χ2v) is 5.89. The molecule has 0 amide bonds. The number of rotatable bonds is 4. The fourth-order valence-electron chi connectivity index (χ4n) is 2.47. The lowest BCUT2D eigenvalue weighted by atomic mass is 10.1. The molecule has 0 fully saturated rings. The number of esters is 1. The van der Waals surface area contributed by atoms with E-state index in [-0.39, 0.29) is 17.3 Å². The Labute approximate surface area is 163 Å². The molecule has 0 saturated carbocycles. The summed E-state index contributed by atoms with van der Waals surface area (Å²) in [5.41, 5.74) is -4.07. The summed E-state index contributed by atoms with van der Waals surface area (Å²) in [6.07, 6.45) is -5.67. The van der Waals surface area contributed by atoms with Crippen molar-refractivity contribution in [2.75, 3.05) is 0 Å². The van der Waals surface area contributed by atoms with Crippen LogP contribution in [0.3, 0.4) is 0 Å². The zero-order chi connectivity index (χ0) is 22.2. The molecule has 3 aromatic rings. The van der Waals surface area contributed by atoms with Gasteiger partial charge in [-0.25, -0.2) is 22.4 Å². The zero-order valence-electron chi connectivity index (χ0n) is 14.8. The van der Waals surface area contributed by atoms with Crippen molar-refractivity contribution >= 4 is 5.97 Å². The molecule has 2 aromatic carbocycles. The zero-order valence-corrected chi connectivity index (χ0v) is 14.8. The van der Waals surface area contributed by atoms with E-state index in [1.165, 1.54) is 31.2 Å². The number of aromatic nitrogens is 2. The van der Waals surface area contributed by atoms with Crippen molar-refractivity contribution in [2.24, 2.45) is 0 Å². The fraction of sp³-hybridized carbons (Fsp3) is 0.167. The minimum absolute atomic E-state index is 0.0612. The van der Waals surface area contributed by atoms with Gasteiger partial charge in [-0.1, -0.05) is 6.07 Å². The highest BCUT2D eigenvalue weighted by Gasteiger charge is 2.42. The lowest BCUT2D eigenvalue weighted by molar-refractivity contribution is -0.143. The number of alkyl halides is 3. The van der Waals surface area contributed by atoms with Crippen LogP contribution < -0.4 is 0 Å². The van der Waals surface area contributed by atoms with E-state index in [0.29, 0.717) is 5.56 Å². The second kappa shape index (κ2) is 7.76. The summed E-state index contributed by atoms with van der Waals surface area (Å²) in [5, 5.41) is 7.34. The van der Waals surface area contributed by atoms with Crippen molar-refractivity contribution in [3.63, 3.8) is 0 Å². The van der Waals surface area contributed by atoms with E-state index in [1.54, 1.807) is 0 Å². The van der Waals surface area contributed by atoms with Gasteiger partial charge in [-0.15, -0.1) is 10.2 Å². The Hall–Kier alpha value is -3.44. The fourth-order valence-corrected chi connectivity index (χ4v) is 2.47. The van der Waals surface area contributed by atoms with Crippen molar-refractivity contribution < 1.29 is 44.7 Å². The number of ether oxygens (including phenoxy) is 1. The van der Waals surface area contributed by atoms with Crippen LogP contribution in [-0.2, 0) is 17.5 Å². The van der Waals surface area contributed by atoms with Gasteiger partial charge in [-0.05, 0) is 18.2 Å². The Morgan fingerprint density at radius 3 is 2.20 bits per heavy atom. The van der Waals surface area contributed by atoms with Gasteiger partial charge in [0, 0.05) is 12.5 Å². The van der Waals surface area contributed by atoms with E-state index in [0.717, 1.165) is 0 Å². The molecule has 3 rings (SSSR count). The number of hydrogen-bond acceptors (Lipinski definition) is 5. The van der Waals surface area contributed by atoms with E-state index >= 15 is 0 Å². The normalized spacial score (nSPS) is 11.6. The first-order chi connectivity index (χ1) is 14.0. The molecule has 0 aliphatic rings. The molecule has 1 aromatic heterocycles. The number of hydrogen-bond donors (Lipinski definition) is 0. The number of benzene rings is 2. The van der Waals surface area contributed by atoms with Crippen LogP contribution in [-0.4, -0.2) is 16.2 Å². The number of halogens is 7. The molecule has 0 atom stereocenters. The summed E-state index contributed by atoms with van der Waals surface area (Å²) >= 11 is 0. The molecule has 0 radical (unpaired) electrons. The molecule has 0 unspecified atom stereocenters. The second-order valence-electron chi connectivity index (χ2n) is 5.89. The third kappa shape index (κ3) is 3.98. The first-order valence-electron chi connectivity index (χ1n) is 8.00. The SMILES string of the molecule is Cc1nnc(-c2cccc(C(=O)OCc3c(F)c(F)c(C(F)(F)F)c(F)c3F)c2)o1. The van der Waals surface area contributed by atoms with Crippen LogP contribution in [0, 0.1) is 30.2 Å². The van der Waals surface area contributed by atoms with Crippen LogP contribution in [0.25, 0.3) is 11.5 Å². The van der Waals surface area contributed by atoms with Gasteiger partial charge in [0.05, 0.1) is 11.1 Å². The van der Waals surface area contributed by atoms with Gasteiger partial charge in [0.2, 0.25) is 11.8 Å². The van der Waals surface area contributed by atoms with Crippen molar-refractivity contribution in [2.45, 2.75) is 19.7 Å². The number of nitrogens with zero attached hydrogens (tertiary/aromatic N) is 2. The minimum Gasteiger partial charge on any atom is -0.457 e. The Balaban J connectivity index is 1.85. The van der Waals surface area contributed by atoms with Crippen molar-refractivity contribution in [3.05, 3.63) is 70.1 Å². The predicted octanol–water partition coefficient (Wildman–Crippen LogP) is 4.98. The summed E-state index contributed by atoms with van der Waals surface area (Å²) in [6, 6.07) is 5.37. The quantitative estimate of drug-likeness (QED) is 0.329. The number of aryl methyl sites for hydroxylation is 1. The number of carbonyl (C=O) groups excluding carboxylic acids is 1. The smallest absolute Gasteiger partial charge is 0.422 e. The Morgan fingerprint density at radius 1 is 1.03 bits per heavy atom. The molecule has 0 aliphatic carbocycles. The molecule has 12 heteroatoms. The summed E-state index contributed by atoms with van der Waals surface area (Å²) in [5.74, 6) is -10.8. The van der Waals surface area contributed by atoms with Gasteiger partial charge in [0.1, 0.15) is 12.2 Å². The molecule has 30 heavy (non-hydrogen) atoms. The van der Waals surface area contributed by atoms with Crippen LogP contribution >= 0.6 is 0 Å². The van der Waals surface area contributed by atoms with Crippen LogP contribution in [0.5, 0.6) is 0 Å². The topological polar surface area (TPSA) is 65.2 Å². The predicted molar refractivity (Wildman–Crippen MR) is 84.9 cm³/mol. The summed E-state index contributed by atoms with van der Waals surface area (Å²) in [7, 11) is 0. The highest BCUT2D eigenvalue weighted by Crippen LogP contribution is 2.37. The average molecular weight is 434 g/mol. The Kier molecular flexibility index (Phi) is 5.51. The lowest BCUT2D eigenvalue weighted by Gasteiger charge is -2.14. The van der Waals surface area contributed by atoms with Crippen LogP contribution in [0.1, 0.15) is 27.4 Å². The Morgan fingerprint density at radius 2 is 1.67 bits per heavy atom. The maximum Gasteiger partial charge on any atom is 0.422 e. The van der Waals surface area contributed by atoms with E-state index in [4.69, 9.17) is 4.42 Å². The lowest BCUT2D eigenvalue weighted by Crippen LogP contribution is -2.18. The molecule has 0 N–H and O–H groups in total. The minimum atomic E-state index is -5.67. The van der Waals surface area contributed by atoms with Crippen molar-refractivity contribution in [1.29, 1.82) is 0 Å². The molecule has 0 saturated heterocycles. The standard InChI is InChI=1S/C18H9F7N2O3/c1-7-26-27-16(30-7)8-3-2-4-9(5-8)17(28)29-6-10-12(19)14(21)11(18(23,24)25)15(22)13(10)20/h2-5H,6H2,1H3. The Bertz CT molecular complexity index is 1100. The highest BCUT2D eigenvalue weighted by atomic mass is 19.4. The van der Waals surface area contributed by atoms with E-state index < -0.39 is 53.1 Å². The first kappa shape index (κ1) is 21.3. The molecule has 0 spiro atoms. The number of carbonyl (C=O) groups is 1. The maximum atomic E-state index is 13.9. The van der Waals surface area contributed by atoms with Crippen molar-refractivity contribution in [1.82, 2.24) is 10.2 Å². The highest BCUT2D eigenvalue weighted by molar-refractivity contribution is 5.90. The summed E-state index contributed by atoms with van der Waals surface area (Å²) < 4.78 is 103. The van der Waals surface area contributed by atoms with Gasteiger partial charge >= 0.3 is 12.1 Å². The molecule has 158 valence electrons. The van der Waals surface area contributed by atoms with Gasteiger partial charge in [0.15, 0.2) is 23.3 Å². The third-order valence-corrected chi connectivity index (χ3v) is 3.86. The van der Waals surface area contributed by atoms with Gasteiger partial charge in [-0.3, -0.25) is 0 Å². The molecule has 0 bridgehead atoms. The van der Waals surface area contributed by atoms with Gasteiger partial charge in [-0.2, -0.15) is 13.2 Å². The molecule has 1 heterocycles. The van der Waals surface area contributed by atoms with E-state index in [9.17, 15) is 35.5 Å². The monoisotopic (exact) mass is 434 g/mol. The van der Waals surface area contributed by atoms with Gasteiger partial charge in [0.25, 0.3) is 0 Å². The molecular formula is C18H9F7N2O3. The summed E-state index contributed by atoms with van der Waals surface area (Å²) in [6.45, 7) is 0.173. The van der Waals surface area contributed by atoms with Crippen LogP contribution in [0.4, 0.5) is 30.7 Å². The van der Waals surface area contributed by atoms with Crippen molar-refractivity contribution in [3.8, 4) is 11.5 Å². The average Bonchev–Trinajstić information content (AvgIpc) is 3.12. The third-order valence-electron chi connectivity index (χ3n) is 3.86. The summed E-state index contributed by atoms with van der Waals surface area (Å²) in [4.78, 5) is 12.1. The molecule has 0 aliphatic heterocycles. The molecule has 5 nitrogen and oxygen atoms in total. The molecular weight excluding hydrogens is 425 g/mol.